The quantitative estimate of drug-likeness (QED) is 0.751. The first-order valence-electron chi connectivity index (χ1n) is 6.77. The predicted octanol–water partition coefficient (Wildman–Crippen LogP) is 1.27. The lowest BCUT2D eigenvalue weighted by Crippen LogP contribution is -2.42. The largest absolute Gasteiger partial charge is 0.508 e. The minimum Gasteiger partial charge on any atom is -0.508 e. The van der Waals surface area contributed by atoms with Crippen LogP contribution in [0.5, 0.6) is 5.75 Å². The molecule has 20 heavy (non-hydrogen) atoms. The van der Waals surface area contributed by atoms with E-state index in [1.54, 1.807) is 12.1 Å². The number of hydrogen-bond donors (Lipinski definition) is 2. The maximum Gasteiger partial charge on any atom is 0.317 e. The van der Waals surface area contributed by atoms with Crippen molar-refractivity contribution in [3.8, 4) is 5.75 Å². The molecule has 0 aliphatic carbocycles. The summed E-state index contributed by atoms with van der Waals surface area (Å²) in [6.45, 7) is 3.63. The third-order valence-electron chi connectivity index (χ3n) is 3.26. The SMILES string of the molecule is CC(Cc1ccc(O)cc1)N(CCN(C)C)CC(=O)O. The molecular weight excluding hydrogens is 256 g/mol. The first kappa shape index (κ1) is 16.5. The third-order valence-corrected chi connectivity index (χ3v) is 3.26. The van der Waals surface area contributed by atoms with Gasteiger partial charge in [-0.05, 0) is 45.1 Å². The Labute approximate surface area is 120 Å². The number of rotatable bonds is 8. The first-order valence-corrected chi connectivity index (χ1v) is 6.77. The molecule has 112 valence electrons. The number of nitrogens with zero attached hydrogens (tertiary/aromatic N) is 2. The van der Waals surface area contributed by atoms with Gasteiger partial charge in [-0.3, -0.25) is 9.69 Å². The third kappa shape index (κ3) is 6.04. The molecule has 2 N–H and O–H groups in total. The molecule has 1 atom stereocenters. The van der Waals surface area contributed by atoms with Crippen molar-refractivity contribution in [1.82, 2.24) is 9.80 Å². The molecule has 0 aliphatic heterocycles. The Hall–Kier alpha value is -1.59. The first-order chi connectivity index (χ1) is 9.38. The molecule has 0 bridgehead atoms. The number of aliphatic carboxylic acids is 1. The standard InChI is InChI=1S/C15H24N2O3/c1-12(10-13-4-6-14(18)7-5-13)17(11-15(19)20)9-8-16(2)3/h4-7,12,18H,8-11H2,1-3H3,(H,19,20). The van der Waals surface area contributed by atoms with Crippen LogP contribution in [-0.2, 0) is 11.2 Å². The van der Waals surface area contributed by atoms with Crippen molar-refractivity contribution in [2.24, 2.45) is 0 Å². The van der Waals surface area contributed by atoms with Gasteiger partial charge in [0.2, 0.25) is 0 Å². The lowest BCUT2D eigenvalue weighted by molar-refractivity contribution is -0.138. The Balaban J connectivity index is 2.63. The van der Waals surface area contributed by atoms with Gasteiger partial charge in [0.25, 0.3) is 0 Å². The fourth-order valence-electron chi connectivity index (χ4n) is 2.06. The van der Waals surface area contributed by atoms with Crippen LogP contribution in [-0.4, -0.2) is 65.8 Å². The predicted molar refractivity (Wildman–Crippen MR) is 79.0 cm³/mol. The number of carboxylic acid groups (broad SMARTS) is 1. The van der Waals surface area contributed by atoms with Gasteiger partial charge in [0.15, 0.2) is 0 Å². The van der Waals surface area contributed by atoms with Crippen molar-refractivity contribution in [2.75, 3.05) is 33.7 Å². The lowest BCUT2D eigenvalue weighted by atomic mass is 10.1. The number of aromatic hydroxyl groups is 1. The number of phenols is 1. The molecule has 1 aromatic rings. The zero-order chi connectivity index (χ0) is 15.1. The summed E-state index contributed by atoms with van der Waals surface area (Å²) < 4.78 is 0. The summed E-state index contributed by atoms with van der Waals surface area (Å²) in [5, 5.41) is 18.3. The summed E-state index contributed by atoms with van der Waals surface area (Å²) >= 11 is 0. The molecule has 0 radical (unpaired) electrons. The molecule has 5 nitrogen and oxygen atoms in total. The van der Waals surface area contributed by atoms with Gasteiger partial charge >= 0.3 is 5.97 Å². The normalized spacial score (nSPS) is 12.8. The second-order valence-electron chi connectivity index (χ2n) is 5.39. The average molecular weight is 280 g/mol. The number of benzene rings is 1. The van der Waals surface area contributed by atoms with Gasteiger partial charge in [0.05, 0.1) is 6.54 Å². The van der Waals surface area contributed by atoms with Gasteiger partial charge in [-0.15, -0.1) is 0 Å². The van der Waals surface area contributed by atoms with Crippen molar-refractivity contribution in [1.29, 1.82) is 0 Å². The molecule has 1 aromatic carbocycles. The Morgan fingerprint density at radius 1 is 1.20 bits per heavy atom. The molecular formula is C15H24N2O3. The van der Waals surface area contributed by atoms with E-state index in [1.165, 1.54) is 0 Å². The number of phenolic OH excluding ortho intramolecular Hbond substituents is 1. The summed E-state index contributed by atoms with van der Waals surface area (Å²) in [5.74, 6) is -0.558. The van der Waals surface area contributed by atoms with Crippen LogP contribution < -0.4 is 0 Å². The Kier molecular flexibility index (Phi) is 6.48. The molecule has 0 heterocycles. The zero-order valence-electron chi connectivity index (χ0n) is 12.4. The van der Waals surface area contributed by atoms with Crippen LogP contribution >= 0.6 is 0 Å². The topological polar surface area (TPSA) is 64.0 Å². The second-order valence-corrected chi connectivity index (χ2v) is 5.39. The van der Waals surface area contributed by atoms with E-state index in [2.05, 4.69) is 0 Å². The van der Waals surface area contributed by atoms with Crippen LogP contribution in [0, 0.1) is 0 Å². The highest BCUT2D eigenvalue weighted by Gasteiger charge is 2.17. The van der Waals surface area contributed by atoms with Crippen molar-refractivity contribution in [2.45, 2.75) is 19.4 Å². The van der Waals surface area contributed by atoms with Crippen molar-refractivity contribution < 1.29 is 15.0 Å². The maximum atomic E-state index is 11.0. The van der Waals surface area contributed by atoms with Gasteiger partial charge in [-0.1, -0.05) is 12.1 Å². The fraction of sp³-hybridized carbons (Fsp3) is 0.533. The van der Waals surface area contributed by atoms with Crippen LogP contribution in [0.4, 0.5) is 0 Å². The van der Waals surface area contributed by atoms with Gasteiger partial charge in [-0.25, -0.2) is 0 Å². The van der Waals surface area contributed by atoms with Crippen LogP contribution in [0.1, 0.15) is 12.5 Å². The Morgan fingerprint density at radius 2 is 1.80 bits per heavy atom. The van der Waals surface area contributed by atoms with E-state index in [1.807, 2.05) is 43.0 Å². The number of hydrogen-bond acceptors (Lipinski definition) is 4. The van der Waals surface area contributed by atoms with E-state index in [4.69, 9.17) is 5.11 Å². The molecule has 0 aromatic heterocycles. The monoisotopic (exact) mass is 280 g/mol. The highest BCUT2D eigenvalue weighted by atomic mass is 16.4. The van der Waals surface area contributed by atoms with Crippen molar-refractivity contribution >= 4 is 5.97 Å². The van der Waals surface area contributed by atoms with Crippen molar-refractivity contribution in [3.63, 3.8) is 0 Å². The van der Waals surface area contributed by atoms with Crippen molar-refractivity contribution in [3.05, 3.63) is 29.8 Å². The van der Waals surface area contributed by atoms with Crippen LogP contribution in [0.2, 0.25) is 0 Å². The zero-order valence-corrected chi connectivity index (χ0v) is 12.4. The van der Waals surface area contributed by atoms with E-state index < -0.39 is 5.97 Å². The maximum absolute atomic E-state index is 11.0. The number of carbonyl (C=O) groups is 1. The van der Waals surface area contributed by atoms with E-state index in [9.17, 15) is 9.90 Å². The van der Waals surface area contributed by atoms with E-state index in [0.29, 0.717) is 0 Å². The lowest BCUT2D eigenvalue weighted by Gasteiger charge is -2.28. The minimum atomic E-state index is -0.804. The van der Waals surface area contributed by atoms with E-state index in [-0.39, 0.29) is 18.3 Å². The van der Waals surface area contributed by atoms with Gasteiger partial charge in [0.1, 0.15) is 5.75 Å². The molecule has 0 saturated carbocycles. The molecule has 0 saturated heterocycles. The molecule has 1 unspecified atom stereocenters. The second kappa shape index (κ2) is 7.87. The fourth-order valence-corrected chi connectivity index (χ4v) is 2.06. The molecule has 0 fully saturated rings. The highest BCUT2D eigenvalue weighted by Crippen LogP contribution is 2.13. The molecule has 0 aliphatic rings. The van der Waals surface area contributed by atoms with Gasteiger partial charge < -0.3 is 15.1 Å². The summed E-state index contributed by atoms with van der Waals surface area (Å²) in [4.78, 5) is 15.0. The summed E-state index contributed by atoms with van der Waals surface area (Å²) in [5.41, 5.74) is 1.09. The van der Waals surface area contributed by atoms with Gasteiger partial charge in [0, 0.05) is 19.1 Å². The summed E-state index contributed by atoms with van der Waals surface area (Å²) in [6.07, 6.45) is 0.765. The summed E-state index contributed by atoms with van der Waals surface area (Å²) in [7, 11) is 3.95. The average Bonchev–Trinajstić information content (AvgIpc) is 2.36. The van der Waals surface area contributed by atoms with Crippen LogP contribution in [0.3, 0.4) is 0 Å². The highest BCUT2D eigenvalue weighted by molar-refractivity contribution is 5.69. The minimum absolute atomic E-state index is 0.0487. The van der Waals surface area contributed by atoms with Crippen LogP contribution in [0.25, 0.3) is 0 Å². The van der Waals surface area contributed by atoms with E-state index in [0.717, 1.165) is 25.1 Å². The molecule has 1 rings (SSSR count). The smallest absolute Gasteiger partial charge is 0.317 e. The summed E-state index contributed by atoms with van der Waals surface area (Å²) in [6, 6.07) is 7.19. The number of carboxylic acids is 1. The van der Waals surface area contributed by atoms with E-state index >= 15 is 0 Å². The molecule has 0 spiro atoms. The molecule has 5 heteroatoms. The Morgan fingerprint density at radius 3 is 2.30 bits per heavy atom. The van der Waals surface area contributed by atoms with Crippen LogP contribution in [0.15, 0.2) is 24.3 Å². The number of likely N-dealkylation sites (N-methyl/N-ethyl adjacent to an activating group) is 1. The molecule has 0 amide bonds. The van der Waals surface area contributed by atoms with Gasteiger partial charge in [-0.2, -0.15) is 0 Å². The Bertz CT molecular complexity index is 418.